The van der Waals surface area contributed by atoms with E-state index in [1.807, 2.05) is 63.2 Å². The molecule has 4 aromatic rings. The molecule has 0 atom stereocenters. The molecule has 0 aromatic heterocycles. The molecule has 0 unspecified atom stereocenters. The molecule has 0 radical (unpaired) electrons. The Morgan fingerprint density at radius 3 is 2.47 bits per heavy atom. The van der Waals surface area contributed by atoms with Gasteiger partial charge < -0.3 is 14.8 Å². The Morgan fingerprint density at radius 1 is 0.974 bits per heavy atom. The first kappa shape index (κ1) is 27.0. The molecule has 192 valence electrons. The highest BCUT2D eigenvalue weighted by molar-refractivity contribution is 9.10. The highest BCUT2D eigenvalue weighted by Crippen LogP contribution is 2.38. The summed E-state index contributed by atoms with van der Waals surface area (Å²) in [5.74, 6) is 0.615. The number of ether oxygens (including phenoxy) is 2. The Balaban J connectivity index is 1.61. The molecule has 6 heteroatoms. The topological polar surface area (TPSA) is 71.3 Å². The van der Waals surface area contributed by atoms with Gasteiger partial charge in [0.2, 0.25) is 0 Å². The molecule has 0 saturated heterocycles. The summed E-state index contributed by atoms with van der Waals surface area (Å²) in [6, 6.07) is 23.7. The number of aryl methyl sites for hydroxylation is 3. The molecule has 1 amide bonds. The molecule has 5 nitrogen and oxygen atoms in total. The average Bonchev–Trinajstić information content (AvgIpc) is 2.90. The minimum Gasteiger partial charge on any atom is -0.490 e. The summed E-state index contributed by atoms with van der Waals surface area (Å²) in [4.78, 5) is 12.8. The SMILES string of the molecule is CCOc1cc(/C=C(\C#N)C(=O)Nc2ccc(C)c(C)c2)cc(Br)c1OCc1c(C)ccc2ccccc12. The number of nitriles is 1. The van der Waals surface area contributed by atoms with Crippen molar-refractivity contribution in [1.29, 1.82) is 5.26 Å². The van der Waals surface area contributed by atoms with Gasteiger partial charge in [-0.3, -0.25) is 4.79 Å². The van der Waals surface area contributed by atoms with Crippen molar-refractivity contribution in [2.75, 3.05) is 11.9 Å². The van der Waals surface area contributed by atoms with Gasteiger partial charge in [0.25, 0.3) is 5.91 Å². The van der Waals surface area contributed by atoms with E-state index in [2.05, 4.69) is 52.4 Å². The average molecular weight is 569 g/mol. The van der Waals surface area contributed by atoms with Crippen LogP contribution in [0.3, 0.4) is 0 Å². The van der Waals surface area contributed by atoms with Gasteiger partial charge in [0.05, 0.1) is 11.1 Å². The summed E-state index contributed by atoms with van der Waals surface area (Å²) in [5, 5.41) is 14.8. The van der Waals surface area contributed by atoms with Crippen LogP contribution in [0.4, 0.5) is 5.69 Å². The third-order valence-electron chi connectivity index (χ3n) is 6.41. The number of halogens is 1. The van der Waals surface area contributed by atoms with Crippen molar-refractivity contribution < 1.29 is 14.3 Å². The number of anilines is 1. The summed E-state index contributed by atoms with van der Waals surface area (Å²) in [7, 11) is 0. The van der Waals surface area contributed by atoms with Gasteiger partial charge in [-0.2, -0.15) is 5.26 Å². The number of nitrogens with zero attached hydrogens (tertiary/aromatic N) is 1. The summed E-state index contributed by atoms with van der Waals surface area (Å²) >= 11 is 3.61. The molecule has 0 aliphatic heterocycles. The minimum atomic E-state index is -0.475. The van der Waals surface area contributed by atoms with Gasteiger partial charge in [-0.1, -0.05) is 42.5 Å². The van der Waals surface area contributed by atoms with Gasteiger partial charge in [-0.05, 0) is 107 Å². The van der Waals surface area contributed by atoms with E-state index >= 15 is 0 Å². The van der Waals surface area contributed by atoms with Crippen molar-refractivity contribution in [3.05, 3.63) is 105 Å². The maximum absolute atomic E-state index is 12.8. The standard InChI is InChI=1S/C32H29BrN2O3/c1-5-37-30-17-23(15-25(18-34)32(36)35-26-13-11-20(2)22(4)14-26)16-29(33)31(30)38-19-28-21(3)10-12-24-8-6-7-9-27(24)28/h6-17H,5,19H2,1-4H3,(H,35,36)/b25-15+. The van der Waals surface area contributed by atoms with Crippen LogP contribution < -0.4 is 14.8 Å². The van der Waals surface area contributed by atoms with E-state index in [-0.39, 0.29) is 5.57 Å². The van der Waals surface area contributed by atoms with E-state index in [9.17, 15) is 10.1 Å². The number of hydrogen-bond donors (Lipinski definition) is 1. The second-order valence-corrected chi connectivity index (χ2v) is 9.91. The van der Waals surface area contributed by atoms with E-state index in [4.69, 9.17) is 9.47 Å². The number of carbonyl (C=O) groups excluding carboxylic acids is 1. The Labute approximate surface area is 231 Å². The third-order valence-corrected chi connectivity index (χ3v) is 7.00. The quantitative estimate of drug-likeness (QED) is 0.172. The van der Waals surface area contributed by atoms with Crippen LogP contribution in [-0.4, -0.2) is 12.5 Å². The largest absolute Gasteiger partial charge is 0.490 e. The van der Waals surface area contributed by atoms with E-state index < -0.39 is 5.91 Å². The van der Waals surface area contributed by atoms with Gasteiger partial charge in [-0.15, -0.1) is 0 Å². The zero-order valence-corrected chi connectivity index (χ0v) is 23.5. The van der Waals surface area contributed by atoms with Gasteiger partial charge in [0.15, 0.2) is 11.5 Å². The van der Waals surface area contributed by atoms with Crippen LogP contribution in [0.15, 0.2) is 76.8 Å². The van der Waals surface area contributed by atoms with Crippen LogP contribution in [-0.2, 0) is 11.4 Å². The molecule has 0 saturated carbocycles. The number of fused-ring (bicyclic) bond motifs is 1. The lowest BCUT2D eigenvalue weighted by Crippen LogP contribution is -2.13. The first-order valence-electron chi connectivity index (χ1n) is 12.4. The number of amides is 1. The summed E-state index contributed by atoms with van der Waals surface area (Å²) in [6.07, 6.45) is 1.54. The fourth-order valence-electron chi connectivity index (χ4n) is 4.19. The molecule has 0 aliphatic rings. The Kier molecular flexibility index (Phi) is 8.50. The summed E-state index contributed by atoms with van der Waals surface area (Å²) in [5.41, 5.74) is 5.71. The second kappa shape index (κ2) is 12.0. The molecule has 4 rings (SSSR count). The fourth-order valence-corrected chi connectivity index (χ4v) is 4.76. The summed E-state index contributed by atoms with van der Waals surface area (Å²) < 4.78 is 12.9. The lowest BCUT2D eigenvalue weighted by molar-refractivity contribution is -0.112. The monoisotopic (exact) mass is 568 g/mol. The van der Waals surface area contributed by atoms with Crippen LogP contribution in [0.2, 0.25) is 0 Å². The normalized spacial score (nSPS) is 11.2. The van der Waals surface area contributed by atoms with Gasteiger partial charge in [-0.25, -0.2) is 0 Å². The van der Waals surface area contributed by atoms with Crippen molar-refractivity contribution in [3.8, 4) is 17.6 Å². The third kappa shape index (κ3) is 6.07. The fraction of sp³-hybridized carbons (Fsp3) is 0.188. The molecule has 38 heavy (non-hydrogen) atoms. The van der Waals surface area contributed by atoms with Gasteiger partial charge >= 0.3 is 0 Å². The van der Waals surface area contributed by atoms with Crippen LogP contribution in [0.1, 0.15) is 34.7 Å². The zero-order chi connectivity index (χ0) is 27.2. The van der Waals surface area contributed by atoms with Crippen molar-refractivity contribution >= 4 is 44.4 Å². The lowest BCUT2D eigenvalue weighted by atomic mass is 10.0. The second-order valence-electron chi connectivity index (χ2n) is 9.06. The van der Waals surface area contributed by atoms with Crippen LogP contribution >= 0.6 is 15.9 Å². The Hall–Kier alpha value is -4.08. The maximum Gasteiger partial charge on any atom is 0.266 e. The molecule has 1 N–H and O–H groups in total. The number of rotatable bonds is 8. The van der Waals surface area contributed by atoms with Crippen molar-refractivity contribution in [1.82, 2.24) is 0 Å². The van der Waals surface area contributed by atoms with Crippen molar-refractivity contribution in [2.45, 2.75) is 34.3 Å². The maximum atomic E-state index is 12.8. The van der Waals surface area contributed by atoms with Crippen LogP contribution in [0, 0.1) is 32.1 Å². The first-order chi connectivity index (χ1) is 18.3. The van der Waals surface area contributed by atoms with Gasteiger partial charge in [0.1, 0.15) is 18.2 Å². The number of nitrogens with one attached hydrogen (secondary N) is 1. The molecule has 0 aliphatic carbocycles. The van der Waals surface area contributed by atoms with E-state index in [0.717, 1.165) is 33.0 Å². The number of hydrogen-bond acceptors (Lipinski definition) is 4. The van der Waals surface area contributed by atoms with E-state index in [1.54, 1.807) is 12.1 Å². The van der Waals surface area contributed by atoms with Gasteiger partial charge in [0, 0.05) is 11.3 Å². The van der Waals surface area contributed by atoms with E-state index in [0.29, 0.717) is 40.4 Å². The van der Waals surface area contributed by atoms with Crippen molar-refractivity contribution in [3.63, 3.8) is 0 Å². The Bertz CT molecular complexity index is 1580. The minimum absolute atomic E-state index is 0.0161. The van der Waals surface area contributed by atoms with Crippen LogP contribution in [0.25, 0.3) is 16.8 Å². The highest BCUT2D eigenvalue weighted by atomic mass is 79.9. The molecule has 0 fully saturated rings. The number of carbonyl (C=O) groups is 1. The Morgan fingerprint density at radius 2 is 1.74 bits per heavy atom. The molecular formula is C32H29BrN2O3. The van der Waals surface area contributed by atoms with Crippen molar-refractivity contribution in [2.24, 2.45) is 0 Å². The molecule has 4 aromatic carbocycles. The van der Waals surface area contributed by atoms with E-state index in [1.165, 1.54) is 0 Å². The van der Waals surface area contributed by atoms with Crippen LogP contribution in [0.5, 0.6) is 11.5 Å². The summed E-state index contributed by atoms with van der Waals surface area (Å²) in [6.45, 7) is 8.75. The first-order valence-corrected chi connectivity index (χ1v) is 13.2. The zero-order valence-electron chi connectivity index (χ0n) is 21.9. The highest BCUT2D eigenvalue weighted by Gasteiger charge is 2.16. The predicted molar refractivity (Wildman–Crippen MR) is 156 cm³/mol. The molecule has 0 bridgehead atoms. The number of benzene rings is 4. The molecular weight excluding hydrogens is 540 g/mol. The smallest absolute Gasteiger partial charge is 0.266 e. The molecule has 0 heterocycles. The predicted octanol–water partition coefficient (Wildman–Crippen LogP) is 8.05. The lowest BCUT2D eigenvalue weighted by Gasteiger charge is -2.17. The molecule has 0 spiro atoms.